The fraction of sp³-hybridized carbons (Fsp3) is 0.889. The number of piperidine rings is 2. The minimum Gasteiger partial charge on any atom is -0.464 e. The molecular formula is C18H32N2O4. The molecule has 6 heteroatoms. The summed E-state index contributed by atoms with van der Waals surface area (Å²) in [6.45, 7) is 6.83. The first kappa shape index (κ1) is 19.2. The zero-order valence-electron chi connectivity index (χ0n) is 14.8. The van der Waals surface area contributed by atoms with Crippen LogP contribution in [0.5, 0.6) is 0 Å². The van der Waals surface area contributed by atoms with Crippen LogP contribution in [0, 0.1) is 0 Å². The molecule has 0 spiro atoms. The van der Waals surface area contributed by atoms with Crippen LogP contribution in [0.4, 0.5) is 0 Å². The first-order valence-corrected chi connectivity index (χ1v) is 9.50. The van der Waals surface area contributed by atoms with Gasteiger partial charge in [-0.2, -0.15) is 0 Å². The van der Waals surface area contributed by atoms with E-state index in [9.17, 15) is 9.59 Å². The maximum absolute atomic E-state index is 11.7. The summed E-state index contributed by atoms with van der Waals surface area (Å²) in [5.74, 6) is -0.611. The van der Waals surface area contributed by atoms with Crippen molar-refractivity contribution in [3.63, 3.8) is 0 Å². The smallest absolute Gasteiger partial charge is 0.306 e. The molecule has 2 fully saturated rings. The molecule has 0 aromatic carbocycles. The average molecular weight is 340 g/mol. The lowest BCUT2D eigenvalue weighted by molar-refractivity contribution is -0.150. The van der Waals surface area contributed by atoms with E-state index in [1.54, 1.807) is 0 Å². The third kappa shape index (κ3) is 8.11. The molecule has 2 saturated heterocycles. The molecule has 0 unspecified atom stereocenters. The molecule has 0 saturated carbocycles. The van der Waals surface area contributed by atoms with Crippen LogP contribution in [0.25, 0.3) is 0 Å². The molecule has 138 valence electrons. The highest BCUT2D eigenvalue weighted by Gasteiger charge is 2.13. The van der Waals surface area contributed by atoms with Crippen LogP contribution in [-0.4, -0.2) is 74.2 Å². The van der Waals surface area contributed by atoms with Crippen LogP contribution in [0.3, 0.4) is 0 Å². The molecular weight excluding hydrogens is 308 g/mol. The van der Waals surface area contributed by atoms with Crippen LogP contribution in [0.2, 0.25) is 0 Å². The van der Waals surface area contributed by atoms with Crippen LogP contribution in [0.1, 0.15) is 51.4 Å². The zero-order valence-corrected chi connectivity index (χ0v) is 14.8. The molecule has 0 bridgehead atoms. The third-order valence-corrected chi connectivity index (χ3v) is 4.77. The van der Waals surface area contributed by atoms with Gasteiger partial charge >= 0.3 is 11.9 Å². The predicted octanol–water partition coefficient (Wildman–Crippen LogP) is 1.82. The van der Waals surface area contributed by atoms with E-state index in [0.717, 1.165) is 39.3 Å². The molecule has 2 heterocycles. The van der Waals surface area contributed by atoms with Gasteiger partial charge in [-0.15, -0.1) is 0 Å². The Hall–Kier alpha value is -1.14. The minimum absolute atomic E-state index is 0.114. The third-order valence-electron chi connectivity index (χ3n) is 4.77. The molecule has 6 nitrogen and oxygen atoms in total. The number of nitrogens with zero attached hydrogens (tertiary/aromatic N) is 2. The van der Waals surface area contributed by atoms with E-state index in [-0.39, 0.29) is 24.8 Å². The van der Waals surface area contributed by atoms with Crippen molar-refractivity contribution in [2.45, 2.75) is 51.4 Å². The number of likely N-dealkylation sites (tertiary alicyclic amines) is 2. The average Bonchev–Trinajstić information content (AvgIpc) is 2.62. The standard InChI is InChI=1S/C18H32N2O4/c21-17(23-15-13-19-9-3-1-4-10-19)7-8-18(22)24-16-14-20-11-5-2-6-12-20/h1-16H2. The second-order valence-electron chi connectivity index (χ2n) is 6.75. The maximum Gasteiger partial charge on any atom is 0.306 e. The Balaban J connectivity index is 1.44. The number of rotatable bonds is 9. The lowest BCUT2D eigenvalue weighted by Crippen LogP contribution is -2.33. The lowest BCUT2D eigenvalue weighted by Gasteiger charge is -2.26. The van der Waals surface area contributed by atoms with Crippen molar-refractivity contribution in [3.8, 4) is 0 Å². The first-order chi connectivity index (χ1) is 11.7. The van der Waals surface area contributed by atoms with Gasteiger partial charge in [-0.1, -0.05) is 12.8 Å². The highest BCUT2D eigenvalue weighted by Crippen LogP contribution is 2.09. The van der Waals surface area contributed by atoms with Gasteiger partial charge in [0.1, 0.15) is 13.2 Å². The Kier molecular flexibility index (Phi) is 9.13. The van der Waals surface area contributed by atoms with E-state index in [4.69, 9.17) is 9.47 Å². The van der Waals surface area contributed by atoms with Crippen LogP contribution in [0.15, 0.2) is 0 Å². The molecule has 0 aromatic rings. The summed E-state index contributed by atoms with van der Waals surface area (Å²) >= 11 is 0. The summed E-state index contributed by atoms with van der Waals surface area (Å²) in [4.78, 5) is 28.0. The van der Waals surface area contributed by atoms with Gasteiger partial charge in [-0.25, -0.2) is 0 Å². The Morgan fingerprint density at radius 3 is 1.38 bits per heavy atom. The molecule has 0 N–H and O–H groups in total. The van der Waals surface area contributed by atoms with Crippen molar-refractivity contribution >= 4 is 11.9 Å². The number of carbonyl (C=O) groups is 2. The Labute approximate surface area is 145 Å². The number of hydrogen-bond acceptors (Lipinski definition) is 6. The Morgan fingerprint density at radius 1 is 0.625 bits per heavy atom. The topological polar surface area (TPSA) is 59.1 Å². The second kappa shape index (κ2) is 11.4. The number of ether oxygens (including phenoxy) is 2. The predicted molar refractivity (Wildman–Crippen MR) is 91.7 cm³/mol. The van der Waals surface area contributed by atoms with Crippen molar-refractivity contribution < 1.29 is 19.1 Å². The maximum atomic E-state index is 11.7. The summed E-state index contributed by atoms with van der Waals surface area (Å²) in [7, 11) is 0. The molecule has 2 aliphatic rings. The largest absolute Gasteiger partial charge is 0.464 e. The quantitative estimate of drug-likeness (QED) is 0.597. The van der Waals surface area contributed by atoms with E-state index in [0.29, 0.717) is 13.2 Å². The van der Waals surface area contributed by atoms with Crippen molar-refractivity contribution in [1.82, 2.24) is 9.80 Å². The SMILES string of the molecule is O=C(CCC(=O)OCCN1CCCCC1)OCCN1CCCCC1. The Bertz CT molecular complexity index is 341. The molecule has 2 rings (SSSR count). The molecule has 24 heavy (non-hydrogen) atoms. The van der Waals surface area contributed by atoms with E-state index in [1.807, 2.05) is 0 Å². The summed E-state index contributed by atoms with van der Waals surface area (Å²) < 4.78 is 10.4. The molecule has 0 aromatic heterocycles. The lowest BCUT2D eigenvalue weighted by atomic mass is 10.1. The van der Waals surface area contributed by atoms with Gasteiger partial charge in [0.15, 0.2) is 0 Å². The van der Waals surface area contributed by atoms with Gasteiger partial charge in [0, 0.05) is 13.1 Å². The van der Waals surface area contributed by atoms with E-state index in [1.165, 1.54) is 38.5 Å². The van der Waals surface area contributed by atoms with Crippen LogP contribution < -0.4 is 0 Å². The monoisotopic (exact) mass is 340 g/mol. The summed E-state index contributed by atoms with van der Waals surface area (Å²) in [5.41, 5.74) is 0. The molecule has 2 aliphatic heterocycles. The van der Waals surface area contributed by atoms with Crippen molar-refractivity contribution in [3.05, 3.63) is 0 Å². The van der Waals surface area contributed by atoms with Gasteiger partial charge in [-0.05, 0) is 51.9 Å². The Morgan fingerprint density at radius 2 is 1.00 bits per heavy atom. The van der Waals surface area contributed by atoms with Gasteiger partial charge in [0.25, 0.3) is 0 Å². The van der Waals surface area contributed by atoms with Crippen molar-refractivity contribution in [1.29, 1.82) is 0 Å². The first-order valence-electron chi connectivity index (χ1n) is 9.50. The van der Waals surface area contributed by atoms with Crippen LogP contribution in [-0.2, 0) is 19.1 Å². The number of hydrogen-bond donors (Lipinski definition) is 0. The second-order valence-corrected chi connectivity index (χ2v) is 6.75. The van der Waals surface area contributed by atoms with E-state index < -0.39 is 0 Å². The van der Waals surface area contributed by atoms with Gasteiger partial charge in [0.2, 0.25) is 0 Å². The number of esters is 2. The zero-order chi connectivity index (χ0) is 17.0. The molecule has 0 atom stereocenters. The summed E-state index contributed by atoms with van der Waals surface area (Å²) in [6.07, 6.45) is 7.76. The van der Waals surface area contributed by atoms with E-state index >= 15 is 0 Å². The van der Waals surface area contributed by atoms with Gasteiger partial charge < -0.3 is 9.47 Å². The van der Waals surface area contributed by atoms with Gasteiger partial charge in [0.05, 0.1) is 12.8 Å². The van der Waals surface area contributed by atoms with Crippen molar-refractivity contribution in [2.75, 3.05) is 52.5 Å². The van der Waals surface area contributed by atoms with E-state index in [2.05, 4.69) is 9.80 Å². The minimum atomic E-state index is -0.306. The van der Waals surface area contributed by atoms with Crippen molar-refractivity contribution in [2.24, 2.45) is 0 Å². The highest BCUT2D eigenvalue weighted by molar-refractivity contribution is 5.77. The summed E-state index contributed by atoms with van der Waals surface area (Å²) in [5, 5.41) is 0. The fourth-order valence-corrected chi connectivity index (χ4v) is 3.29. The highest BCUT2D eigenvalue weighted by atomic mass is 16.5. The fourth-order valence-electron chi connectivity index (χ4n) is 3.29. The molecule has 0 radical (unpaired) electrons. The normalized spacial score (nSPS) is 19.8. The molecule has 0 aliphatic carbocycles. The molecule has 0 amide bonds. The summed E-state index contributed by atoms with van der Waals surface area (Å²) in [6, 6.07) is 0. The van der Waals surface area contributed by atoms with Gasteiger partial charge in [-0.3, -0.25) is 19.4 Å². The van der Waals surface area contributed by atoms with Crippen LogP contribution >= 0.6 is 0 Å². The number of carbonyl (C=O) groups excluding carboxylic acids is 2.